The van der Waals surface area contributed by atoms with Crippen LogP contribution in [0.2, 0.25) is 5.02 Å². The molecule has 1 atom stereocenters. The molecule has 150 valence electrons. The summed E-state index contributed by atoms with van der Waals surface area (Å²) in [5.74, 6) is 0.315. The quantitative estimate of drug-likeness (QED) is 0.595. The number of anilines is 1. The number of aromatic amines is 1. The number of halogens is 1. The van der Waals surface area contributed by atoms with E-state index in [1.165, 1.54) is 0 Å². The predicted molar refractivity (Wildman–Crippen MR) is 111 cm³/mol. The van der Waals surface area contributed by atoms with Gasteiger partial charge in [-0.25, -0.2) is 9.97 Å². The Morgan fingerprint density at radius 2 is 2.17 bits per heavy atom. The van der Waals surface area contributed by atoms with Crippen LogP contribution >= 0.6 is 11.6 Å². The number of hydrogen-bond donors (Lipinski definition) is 3. The van der Waals surface area contributed by atoms with Crippen LogP contribution in [0.25, 0.3) is 11.0 Å². The van der Waals surface area contributed by atoms with Gasteiger partial charge < -0.3 is 20.5 Å². The molecule has 8 nitrogen and oxygen atoms in total. The lowest BCUT2D eigenvalue weighted by molar-refractivity contribution is -0.120. The number of amides is 2. The fourth-order valence-electron chi connectivity index (χ4n) is 3.57. The predicted octanol–water partition coefficient (Wildman–Crippen LogP) is 2.13. The molecule has 0 radical (unpaired) electrons. The van der Waals surface area contributed by atoms with Crippen LogP contribution in [0.5, 0.6) is 0 Å². The maximum atomic E-state index is 12.3. The van der Waals surface area contributed by atoms with Crippen LogP contribution < -0.4 is 15.5 Å². The van der Waals surface area contributed by atoms with E-state index in [-0.39, 0.29) is 24.4 Å². The number of carbonyl (C=O) groups excluding carboxylic acids is 2. The van der Waals surface area contributed by atoms with Gasteiger partial charge in [0.25, 0.3) is 5.91 Å². The zero-order valence-electron chi connectivity index (χ0n) is 15.7. The second-order valence-corrected chi connectivity index (χ2v) is 7.42. The number of aromatic nitrogens is 3. The highest BCUT2D eigenvalue weighted by molar-refractivity contribution is 6.31. The summed E-state index contributed by atoms with van der Waals surface area (Å²) in [5, 5.41) is 7.08. The first kappa shape index (κ1) is 19.2. The number of rotatable bonds is 5. The molecule has 0 spiro atoms. The first-order valence-corrected chi connectivity index (χ1v) is 9.84. The number of H-pyrrole nitrogens is 1. The van der Waals surface area contributed by atoms with Gasteiger partial charge in [0.2, 0.25) is 5.91 Å². The van der Waals surface area contributed by atoms with Crippen LogP contribution in [0, 0.1) is 0 Å². The Morgan fingerprint density at radius 3 is 3.03 bits per heavy atom. The normalized spacial score (nSPS) is 16.6. The second-order valence-electron chi connectivity index (χ2n) is 6.98. The number of nitrogens with one attached hydrogen (secondary N) is 3. The summed E-state index contributed by atoms with van der Waals surface area (Å²) in [5.41, 5.74) is 1.22. The summed E-state index contributed by atoms with van der Waals surface area (Å²) in [6, 6.07) is 8.56. The second kappa shape index (κ2) is 8.48. The number of nitrogens with zero attached hydrogens (tertiary/aromatic N) is 3. The molecule has 0 bridgehead atoms. The molecule has 2 aromatic heterocycles. The van der Waals surface area contributed by atoms with E-state index in [0.29, 0.717) is 17.1 Å². The van der Waals surface area contributed by atoms with Crippen LogP contribution in [-0.4, -0.2) is 52.4 Å². The van der Waals surface area contributed by atoms with Crippen LogP contribution in [0.1, 0.15) is 23.2 Å². The monoisotopic (exact) mass is 412 g/mol. The Hall–Kier alpha value is -3.13. The summed E-state index contributed by atoms with van der Waals surface area (Å²) < 4.78 is 0. The lowest BCUT2D eigenvalue weighted by atomic mass is 10.1. The third kappa shape index (κ3) is 4.48. The molecule has 0 aliphatic carbocycles. The fraction of sp³-hybridized carbons (Fsp3) is 0.300. The number of carbonyl (C=O) groups is 2. The molecule has 0 unspecified atom stereocenters. The van der Waals surface area contributed by atoms with E-state index in [9.17, 15) is 9.59 Å². The minimum Gasteiger partial charge on any atom is -0.354 e. The smallest absolute Gasteiger partial charge is 0.251 e. The van der Waals surface area contributed by atoms with Crippen LogP contribution in [-0.2, 0) is 4.79 Å². The van der Waals surface area contributed by atoms with Gasteiger partial charge >= 0.3 is 0 Å². The fourth-order valence-corrected chi connectivity index (χ4v) is 3.76. The molecule has 9 heteroatoms. The van der Waals surface area contributed by atoms with Gasteiger partial charge in [0.05, 0.1) is 11.9 Å². The molecular formula is C20H21ClN6O2. The van der Waals surface area contributed by atoms with Gasteiger partial charge in [-0.1, -0.05) is 17.7 Å². The van der Waals surface area contributed by atoms with E-state index < -0.39 is 0 Å². The topological polar surface area (TPSA) is 103 Å². The third-order valence-electron chi connectivity index (χ3n) is 4.92. The van der Waals surface area contributed by atoms with Gasteiger partial charge in [-0.3, -0.25) is 9.59 Å². The van der Waals surface area contributed by atoms with E-state index in [4.69, 9.17) is 11.6 Å². The Morgan fingerprint density at radius 1 is 1.28 bits per heavy atom. The van der Waals surface area contributed by atoms with Gasteiger partial charge in [-0.2, -0.15) is 0 Å². The van der Waals surface area contributed by atoms with Crippen molar-refractivity contribution in [2.24, 2.45) is 0 Å². The van der Waals surface area contributed by atoms with Gasteiger partial charge in [0.15, 0.2) is 0 Å². The minimum atomic E-state index is -0.330. The highest BCUT2D eigenvalue weighted by Crippen LogP contribution is 2.25. The number of hydrogen-bond acceptors (Lipinski definition) is 5. The van der Waals surface area contributed by atoms with Crippen molar-refractivity contribution in [1.82, 2.24) is 25.6 Å². The first-order valence-electron chi connectivity index (χ1n) is 9.46. The van der Waals surface area contributed by atoms with Gasteiger partial charge in [-0.05, 0) is 37.1 Å². The highest BCUT2D eigenvalue weighted by atomic mass is 35.5. The summed E-state index contributed by atoms with van der Waals surface area (Å²) in [4.78, 5) is 38.4. The molecular weight excluding hydrogens is 392 g/mol. The summed E-state index contributed by atoms with van der Waals surface area (Å²) >= 11 is 5.90. The standard InChI is InChI=1S/C20H21ClN6O2/c21-14-4-1-3-13(9-14)20(29)23-10-17(28)26-15-5-2-8-27(11-15)19-16-6-7-22-18(16)24-12-25-19/h1,3-4,6-7,9,12,15H,2,5,8,10-11H2,(H,23,29)(H,26,28)(H,22,24,25)/t15-/m0/s1. The van der Waals surface area contributed by atoms with Crippen molar-refractivity contribution in [2.75, 3.05) is 24.5 Å². The largest absolute Gasteiger partial charge is 0.354 e. The van der Waals surface area contributed by atoms with Crippen molar-refractivity contribution < 1.29 is 9.59 Å². The maximum absolute atomic E-state index is 12.3. The zero-order valence-corrected chi connectivity index (χ0v) is 16.4. The molecule has 1 aliphatic heterocycles. The summed E-state index contributed by atoms with van der Waals surface area (Å²) in [6.45, 7) is 1.44. The van der Waals surface area contributed by atoms with E-state index in [0.717, 1.165) is 36.2 Å². The molecule has 1 fully saturated rings. The molecule has 0 saturated carbocycles. The Kier molecular flexibility index (Phi) is 5.62. The Labute approximate surface area is 172 Å². The van der Waals surface area contributed by atoms with E-state index in [2.05, 4.69) is 30.5 Å². The molecule has 2 amide bonds. The van der Waals surface area contributed by atoms with Crippen molar-refractivity contribution >= 4 is 40.3 Å². The lowest BCUT2D eigenvalue weighted by Gasteiger charge is -2.34. The average molecular weight is 413 g/mol. The van der Waals surface area contributed by atoms with Gasteiger partial charge in [0.1, 0.15) is 17.8 Å². The van der Waals surface area contributed by atoms with Crippen LogP contribution in [0.4, 0.5) is 5.82 Å². The van der Waals surface area contributed by atoms with Gasteiger partial charge in [0, 0.05) is 35.9 Å². The van der Waals surface area contributed by atoms with Gasteiger partial charge in [-0.15, -0.1) is 0 Å². The minimum absolute atomic E-state index is 0.0109. The van der Waals surface area contributed by atoms with E-state index in [1.54, 1.807) is 30.6 Å². The Balaban J connectivity index is 1.33. The molecule has 3 aromatic rings. The number of piperidine rings is 1. The van der Waals surface area contributed by atoms with E-state index in [1.807, 2.05) is 12.3 Å². The molecule has 1 saturated heterocycles. The number of fused-ring (bicyclic) bond motifs is 1. The van der Waals surface area contributed by atoms with Crippen LogP contribution in [0.3, 0.4) is 0 Å². The van der Waals surface area contributed by atoms with Crippen molar-refractivity contribution in [3.63, 3.8) is 0 Å². The lowest BCUT2D eigenvalue weighted by Crippen LogP contribution is -2.50. The first-order chi connectivity index (χ1) is 14.1. The van der Waals surface area contributed by atoms with E-state index >= 15 is 0 Å². The molecule has 1 aliphatic rings. The zero-order chi connectivity index (χ0) is 20.2. The van der Waals surface area contributed by atoms with Crippen molar-refractivity contribution in [3.05, 3.63) is 53.4 Å². The summed E-state index contributed by atoms with van der Waals surface area (Å²) in [6.07, 6.45) is 5.21. The molecule has 29 heavy (non-hydrogen) atoms. The maximum Gasteiger partial charge on any atom is 0.251 e. The van der Waals surface area contributed by atoms with Crippen molar-refractivity contribution in [1.29, 1.82) is 0 Å². The van der Waals surface area contributed by atoms with Crippen molar-refractivity contribution in [3.8, 4) is 0 Å². The molecule has 3 heterocycles. The van der Waals surface area contributed by atoms with Crippen LogP contribution in [0.15, 0.2) is 42.9 Å². The van der Waals surface area contributed by atoms with Crippen molar-refractivity contribution in [2.45, 2.75) is 18.9 Å². The highest BCUT2D eigenvalue weighted by Gasteiger charge is 2.24. The molecule has 1 aromatic carbocycles. The molecule has 4 rings (SSSR count). The molecule has 3 N–H and O–H groups in total. The third-order valence-corrected chi connectivity index (χ3v) is 5.15. The summed E-state index contributed by atoms with van der Waals surface area (Å²) in [7, 11) is 0. The Bertz CT molecular complexity index is 1040. The SMILES string of the molecule is O=C(CNC(=O)c1cccc(Cl)c1)N[C@H]1CCCN(c2ncnc3[nH]ccc23)C1. The number of benzene rings is 1. The average Bonchev–Trinajstić information content (AvgIpc) is 3.21.